The summed E-state index contributed by atoms with van der Waals surface area (Å²) in [7, 11) is 0. The maximum atomic E-state index is 12.9. The average Bonchev–Trinajstić information content (AvgIpc) is 3.45. The number of benzene rings is 1. The Hall–Kier alpha value is -2.17. The topological polar surface area (TPSA) is 59.2 Å². The number of carbonyl (C=O) groups excluding carboxylic acids is 1. The van der Waals surface area contributed by atoms with Gasteiger partial charge in [0.1, 0.15) is 6.04 Å². The fourth-order valence-corrected chi connectivity index (χ4v) is 3.79. The van der Waals surface area contributed by atoms with Crippen LogP contribution in [-0.4, -0.2) is 27.5 Å². The van der Waals surface area contributed by atoms with E-state index in [-0.39, 0.29) is 11.9 Å². The monoisotopic (exact) mass is 353 g/mol. The molecule has 138 valence electrons. The van der Waals surface area contributed by atoms with Crippen LogP contribution in [0.15, 0.2) is 34.9 Å². The standard InChI is InChI=1S/C21H27N3O2/c25-19(12-7-10-16-8-3-1-4-9-16)24-15-6-2-5-11-18(24)21-22-20(23-26-21)17-13-14-17/h1,3-4,8-9,17-18H,2,5-7,10-15H2. The molecule has 0 spiro atoms. The Balaban J connectivity index is 1.39. The van der Waals surface area contributed by atoms with Gasteiger partial charge in [0, 0.05) is 18.9 Å². The molecule has 2 heterocycles. The third-order valence-corrected chi connectivity index (χ3v) is 5.46. The van der Waals surface area contributed by atoms with Crippen LogP contribution in [0.2, 0.25) is 0 Å². The molecule has 1 aromatic heterocycles. The summed E-state index contributed by atoms with van der Waals surface area (Å²) in [5, 5.41) is 4.16. The third kappa shape index (κ3) is 4.14. The normalized spacial score (nSPS) is 20.8. The van der Waals surface area contributed by atoms with Gasteiger partial charge in [-0.15, -0.1) is 0 Å². The van der Waals surface area contributed by atoms with Gasteiger partial charge < -0.3 is 9.42 Å². The molecule has 2 aromatic rings. The molecule has 0 bridgehead atoms. The van der Waals surface area contributed by atoms with Crippen LogP contribution in [0.4, 0.5) is 0 Å². The molecule has 1 aliphatic heterocycles. The summed E-state index contributed by atoms with van der Waals surface area (Å²) >= 11 is 0. The molecule has 1 saturated heterocycles. The van der Waals surface area contributed by atoms with E-state index < -0.39 is 0 Å². The van der Waals surface area contributed by atoms with Crippen LogP contribution in [0, 0.1) is 0 Å². The van der Waals surface area contributed by atoms with Crippen molar-refractivity contribution in [2.45, 2.75) is 69.7 Å². The van der Waals surface area contributed by atoms with E-state index in [2.05, 4.69) is 34.4 Å². The van der Waals surface area contributed by atoms with E-state index >= 15 is 0 Å². The van der Waals surface area contributed by atoms with Crippen molar-refractivity contribution < 1.29 is 9.32 Å². The highest BCUT2D eigenvalue weighted by Crippen LogP contribution is 2.39. The van der Waals surface area contributed by atoms with Crippen molar-refractivity contribution in [3.05, 3.63) is 47.6 Å². The lowest BCUT2D eigenvalue weighted by atomic mass is 10.1. The summed E-state index contributed by atoms with van der Waals surface area (Å²) in [5.74, 6) is 2.18. The smallest absolute Gasteiger partial charge is 0.249 e. The van der Waals surface area contributed by atoms with Crippen LogP contribution in [0.25, 0.3) is 0 Å². The van der Waals surface area contributed by atoms with Gasteiger partial charge in [-0.25, -0.2) is 0 Å². The first-order valence-corrected chi connectivity index (χ1v) is 9.98. The number of rotatable bonds is 6. The van der Waals surface area contributed by atoms with E-state index in [1.165, 1.54) is 5.56 Å². The van der Waals surface area contributed by atoms with Crippen molar-refractivity contribution in [1.82, 2.24) is 15.0 Å². The number of likely N-dealkylation sites (tertiary alicyclic amines) is 1. The van der Waals surface area contributed by atoms with E-state index in [4.69, 9.17) is 4.52 Å². The predicted octanol–water partition coefficient (Wildman–Crippen LogP) is 4.41. The van der Waals surface area contributed by atoms with E-state index in [0.29, 0.717) is 18.2 Å². The van der Waals surface area contributed by atoms with E-state index in [0.717, 1.165) is 63.7 Å². The summed E-state index contributed by atoms with van der Waals surface area (Å²) in [6, 6.07) is 10.3. The van der Waals surface area contributed by atoms with Gasteiger partial charge in [-0.05, 0) is 44.1 Å². The van der Waals surface area contributed by atoms with Gasteiger partial charge in [-0.2, -0.15) is 4.98 Å². The van der Waals surface area contributed by atoms with Gasteiger partial charge in [-0.1, -0.05) is 48.3 Å². The largest absolute Gasteiger partial charge is 0.337 e. The molecular weight excluding hydrogens is 326 g/mol. The van der Waals surface area contributed by atoms with Crippen LogP contribution >= 0.6 is 0 Å². The summed E-state index contributed by atoms with van der Waals surface area (Å²) in [6.07, 6.45) is 8.97. The third-order valence-electron chi connectivity index (χ3n) is 5.46. The van der Waals surface area contributed by atoms with Crippen molar-refractivity contribution in [3.63, 3.8) is 0 Å². The summed E-state index contributed by atoms with van der Waals surface area (Å²) in [5.41, 5.74) is 1.29. The average molecular weight is 353 g/mol. The van der Waals surface area contributed by atoms with Crippen molar-refractivity contribution >= 4 is 5.91 Å². The number of nitrogens with zero attached hydrogens (tertiary/aromatic N) is 3. The lowest BCUT2D eigenvalue weighted by molar-refractivity contribution is -0.134. The van der Waals surface area contributed by atoms with Crippen LogP contribution in [0.5, 0.6) is 0 Å². The molecule has 5 nitrogen and oxygen atoms in total. The molecule has 1 atom stereocenters. The highest BCUT2D eigenvalue weighted by molar-refractivity contribution is 5.76. The van der Waals surface area contributed by atoms with Crippen LogP contribution in [0.1, 0.15) is 80.6 Å². The molecule has 1 aromatic carbocycles. The quantitative estimate of drug-likeness (QED) is 0.771. The second-order valence-electron chi connectivity index (χ2n) is 7.56. The SMILES string of the molecule is O=C(CCCc1ccccc1)N1CCCCCC1c1nc(C2CC2)no1. The van der Waals surface area contributed by atoms with Crippen LogP contribution in [0.3, 0.4) is 0 Å². The van der Waals surface area contributed by atoms with Crippen LogP contribution < -0.4 is 0 Å². The van der Waals surface area contributed by atoms with Gasteiger partial charge in [0.15, 0.2) is 5.82 Å². The Kier molecular flexibility index (Phi) is 5.32. The van der Waals surface area contributed by atoms with Gasteiger partial charge in [0.2, 0.25) is 11.8 Å². The molecule has 0 radical (unpaired) electrons. The number of aryl methyl sites for hydroxylation is 1. The molecule has 1 saturated carbocycles. The van der Waals surface area contributed by atoms with E-state index in [1.54, 1.807) is 0 Å². The molecule has 1 amide bonds. The summed E-state index contributed by atoms with van der Waals surface area (Å²) in [6.45, 7) is 0.802. The Bertz CT molecular complexity index is 724. The summed E-state index contributed by atoms with van der Waals surface area (Å²) in [4.78, 5) is 19.5. The molecule has 4 rings (SSSR count). The number of amides is 1. The lowest BCUT2D eigenvalue weighted by Gasteiger charge is -2.27. The van der Waals surface area contributed by atoms with Crippen molar-refractivity contribution in [2.24, 2.45) is 0 Å². The molecule has 5 heteroatoms. The molecular formula is C21H27N3O2. The molecule has 2 aliphatic rings. The number of hydrogen-bond acceptors (Lipinski definition) is 4. The van der Waals surface area contributed by atoms with Gasteiger partial charge >= 0.3 is 0 Å². The second kappa shape index (κ2) is 8.02. The first-order valence-electron chi connectivity index (χ1n) is 9.98. The van der Waals surface area contributed by atoms with Crippen molar-refractivity contribution in [1.29, 1.82) is 0 Å². The summed E-state index contributed by atoms with van der Waals surface area (Å²) < 4.78 is 5.56. The molecule has 1 unspecified atom stereocenters. The Morgan fingerprint density at radius 2 is 1.96 bits per heavy atom. The number of aromatic nitrogens is 2. The Morgan fingerprint density at radius 3 is 2.77 bits per heavy atom. The minimum Gasteiger partial charge on any atom is -0.337 e. The Morgan fingerprint density at radius 1 is 1.12 bits per heavy atom. The molecule has 26 heavy (non-hydrogen) atoms. The van der Waals surface area contributed by atoms with Gasteiger partial charge in [0.25, 0.3) is 0 Å². The maximum absolute atomic E-state index is 12.9. The number of hydrogen-bond donors (Lipinski definition) is 0. The lowest BCUT2D eigenvalue weighted by Crippen LogP contribution is -2.35. The second-order valence-corrected chi connectivity index (χ2v) is 7.56. The fraction of sp³-hybridized carbons (Fsp3) is 0.571. The maximum Gasteiger partial charge on any atom is 0.249 e. The molecule has 1 aliphatic carbocycles. The minimum atomic E-state index is -0.0401. The van der Waals surface area contributed by atoms with Gasteiger partial charge in [0.05, 0.1) is 0 Å². The van der Waals surface area contributed by atoms with Crippen molar-refractivity contribution in [3.8, 4) is 0 Å². The number of carbonyl (C=O) groups is 1. The minimum absolute atomic E-state index is 0.0401. The zero-order chi connectivity index (χ0) is 17.8. The van der Waals surface area contributed by atoms with E-state index in [1.807, 2.05) is 11.0 Å². The predicted molar refractivity (Wildman–Crippen MR) is 98.6 cm³/mol. The zero-order valence-corrected chi connectivity index (χ0v) is 15.3. The molecule has 2 fully saturated rings. The highest BCUT2D eigenvalue weighted by Gasteiger charge is 2.34. The highest BCUT2D eigenvalue weighted by atomic mass is 16.5. The van der Waals surface area contributed by atoms with Crippen molar-refractivity contribution in [2.75, 3.05) is 6.54 Å². The fourth-order valence-electron chi connectivity index (χ4n) is 3.79. The zero-order valence-electron chi connectivity index (χ0n) is 15.3. The Labute approximate surface area is 154 Å². The first-order chi connectivity index (χ1) is 12.8. The van der Waals surface area contributed by atoms with Crippen LogP contribution in [-0.2, 0) is 11.2 Å². The molecule has 0 N–H and O–H groups in total. The van der Waals surface area contributed by atoms with Gasteiger partial charge in [-0.3, -0.25) is 4.79 Å². The van der Waals surface area contributed by atoms with E-state index in [9.17, 15) is 4.79 Å². The first kappa shape index (κ1) is 17.3.